The number of halogens is 2. The molecule has 1 aromatic rings. The second-order valence-electron chi connectivity index (χ2n) is 2.99. The Kier molecular flexibility index (Phi) is 2.29. The molecule has 0 aromatic heterocycles. The van der Waals surface area contributed by atoms with Gasteiger partial charge in [0, 0.05) is 0 Å². The smallest absolute Gasteiger partial charge is 0.410 e. The molecule has 1 aromatic carbocycles. The van der Waals surface area contributed by atoms with Gasteiger partial charge in [0.25, 0.3) is 0 Å². The fourth-order valence-corrected chi connectivity index (χ4v) is 2.40. The highest BCUT2D eigenvalue weighted by atomic mass is 35.5. The number of carbonyl (C=O) groups is 1. The second kappa shape index (κ2) is 3.33. The van der Waals surface area contributed by atoms with E-state index in [2.05, 4.69) is 0 Å². The Morgan fingerprint density at radius 1 is 1.21 bits per heavy atom. The van der Waals surface area contributed by atoms with E-state index in [1.54, 1.807) is 12.1 Å². The maximum atomic E-state index is 10.8. The maximum Gasteiger partial charge on any atom is 0.410 e. The lowest BCUT2D eigenvalue weighted by atomic mass is 10.1. The summed E-state index contributed by atoms with van der Waals surface area (Å²) in [7, 11) is 0. The van der Waals surface area contributed by atoms with Gasteiger partial charge >= 0.3 is 6.09 Å². The van der Waals surface area contributed by atoms with E-state index in [9.17, 15) is 4.79 Å². The number of carboxylic acid groups (broad SMARTS) is 1. The number of hydrogen-bond acceptors (Lipinski definition) is 1. The van der Waals surface area contributed by atoms with Gasteiger partial charge in [0.2, 0.25) is 0 Å². The van der Waals surface area contributed by atoms with Crippen molar-refractivity contribution >= 4 is 29.3 Å². The number of fused-ring (bicyclic) bond motifs is 1. The van der Waals surface area contributed by atoms with Gasteiger partial charge in [-0.2, -0.15) is 0 Å². The van der Waals surface area contributed by atoms with E-state index in [0.717, 1.165) is 16.0 Å². The summed E-state index contributed by atoms with van der Waals surface area (Å²) < 4.78 is 0. The van der Waals surface area contributed by atoms with Crippen molar-refractivity contribution in [2.45, 2.75) is 11.0 Å². The van der Waals surface area contributed by atoms with Gasteiger partial charge in [-0.15, -0.1) is 0 Å². The van der Waals surface area contributed by atoms with Crippen LogP contribution in [0.25, 0.3) is 0 Å². The molecular weight excluding hydrogens is 225 g/mol. The van der Waals surface area contributed by atoms with E-state index in [1.807, 2.05) is 12.1 Å². The molecule has 1 aliphatic heterocycles. The molecule has 2 atom stereocenters. The number of benzene rings is 1. The van der Waals surface area contributed by atoms with Gasteiger partial charge in [-0.25, -0.2) is 4.79 Å². The van der Waals surface area contributed by atoms with Crippen LogP contribution in [-0.2, 0) is 0 Å². The molecule has 14 heavy (non-hydrogen) atoms. The lowest BCUT2D eigenvalue weighted by molar-refractivity contribution is 0.140. The molecule has 1 aliphatic rings. The summed E-state index contributed by atoms with van der Waals surface area (Å²) in [5.41, 5.74) is 0.144. The highest BCUT2D eigenvalue weighted by molar-refractivity contribution is 6.26. The van der Waals surface area contributed by atoms with E-state index in [0.29, 0.717) is 0 Å². The molecule has 2 unspecified atom stereocenters. The van der Waals surface area contributed by atoms with E-state index in [4.69, 9.17) is 28.3 Å². The molecule has 5 heteroatoms. The van der Waals surface area contributed by atoms with Crippen molar-refractivity contribution in [1.82, 2.24) is 4.90 Å². The Morgan fingerprint density at radius 3 is 2.00 bits per heavy atom. The topological polar surface area (TPSA) is 40.5 Å². The minimum atomic E-state index is -1.11. The summed E-state index contributed by atoms with van der Waals surface area (Å²) in [5, 5.41) is 8.88. The van der Waals surface area contributed by atoms with Gasteiger partial charge < -0.3 is 5.11 Å². The van der Waals surface area contributed by atoms with Crippen LogP contribution in [-0.4, -0.2) is 16.1 Å². The highest BCUT2D eigenvalue weighted by Gasteiger charge is 2.39. The number of alkyl halides is 2. The third-order valence-electron chi connectivity index (χ3n) is 2.22. The molecule has 1 amide bonds. The Labute approximate surface area is 90.8 Å². The molecule has 2 rings (SSSR count). The number of amides is 1. The van der Waals surface area contributed by atoms with Crippen molar-refractivity contribution in [2.24, 2.45) is 0 Å². The van der Waals surface area contributed by atoms with Crippen LogP contribution < -0.4 is 0 Å². The van der Waals surface area contributed by atoms with E-state index in [1.165, 1.54) is 0 Å². The third kappa shape index (κ3) is 1.24. The fraction of sp³-hybridized carbons (Fsp3) is 0.222. The molecule has 74 valence electrons. The molecule has 0 aliphatic carbocycles. The molecule has 0 bridgehead atoms. The van der Waals surface area contributed by atoms with Gasteiger partial charge in [-0.05, 0) is 11.1 Å². The van der Waals surface area contributed by atoms with Crippen molar-refractivity contribution < 1.29 is 9.90 Å². The third-order valence-corrected chi connectivity index (χ3v) is 3.11. The Bertz CT molecular complexity index is 354. The van der Waals surface area contributed by atoms with Crippen molar-refractivity contribution in [3.63, 3.8) is 0 Å². The standard InChI is InChI=1S/C9H7Cl2NO2/c10-7-5-3-1-2-4-6(5)8(11)12(7)9(13)14/h1-4,7-8H,(H,13,14). The SMILES string of the molecule is O=C(O)N1C(Cl)c2ccccc2C1Cl. The molecule has 3 nitrogen and oxygen atoms in total. The molecule has 0 saturated heterocycles. The largest absolute Gasteiger partial charge is 0.465 e. The molecule has 1 heterocycles. The average molecular weight is 232 g/mol. The summed E-state index contributed by atoms with van der Waals surface area (Å²) >= 11 is 11.9. The van der Waals surface area contributed by atoms with Crippen LogP contribution in [0, 0.1) is 0 Å². The van der Waals surface area contributed by atoms with Crippen LogP contribution in [0.15, 0.2) is 24.3 Å². The minimum absolute atomic E-state index is 0.689. The van der Waals surface area contributed by atoms with Crippen molar-refractivity contribution in [2.75, 3.05) is 0 Å². The zero-order valence-electron chi connectivity index (χ0n) is 7.02. The summed E-state index contributed by atoms with van der Waals surface area (Å²) in [4.78, 5) is 11.9. The highest BCUT2D eigenvalue weighted by Crippen LogP contribution is 2.45. The summed E-state index contributed by atoms with van der Waals surface area (Å²) in [6.45, 7) is 0. The van der Waals surface area contributed by atoms with Crippen LogP contribution in [0.4, 0.5) is 4.79 Å². The van der Waals surface area contributed by atoms with E-state index < -0.39 is 17.1 Å². The molecular formula is C9H7Cl2NO2. The fourth-order valence-electron chi connectivity index (χ4n) is 1.55. The van der Waals surface area contributed by atoms with Crippen molar-refractivity contribution in [3.05, 3.63) is 35.4 Å². The zero-order valence-corrected chi connectivity index (χ0v) is 8.53. The first-order valence-electron chi connectivity index (χ1n) is 4.01. The van der Waals surface area contributed by atoms with Crippen LogP contribution in [0.5, 0.6) is 0 Å². The molecule has 0 saturated carbocycles. The predicted molar refractivity (Wildman–Crippen MR) is 53.5 cm³/mol. The second-order valence-corrected chi connectivity index (χ2v) is 3.82. The number of rotatable bonds is 0. The Balaban J connectivity index is 2.48. The van der Waals surface area contributed by atoms with Crippen LogP contribution in [0.2, 0.25) is 0 Å². The zero-order chi connectivity index (χ0) is 10.3. The van der Waals surface area contributed by atoms with Gasteiger partial charge in [-0.3, -0.25) is 4.90 Å². The quantitative estimate of drug-likeness (QED) is 0.551. The first-order valence-corrected chi connectivity index (χ1v) is 4.88. The lowest BCUT2D eigenvalue weighted by Crippen LogP contribution is -2.26. The Morgan fingerprint density at radius 2 is 1.64 bits per heavy atom. The maximum absolute atomic E-state index is 10.8. The van der Waals surface area contributed by atoms with Crippen LogP contribution in [0.1, 0.15) is 22.1 Å². The van der Waals surface area contributed by atoms with Crippen LogP contribution >= 0.6 is 23.2 Å². The molecule has 0 spiro atoms. The first-order chi connectivity index (χ1) is 6.63. The van der Waals surface area contributed by atoms with E-state index >= 15 is 0 Å². The normalized spacial score (nSPS) is 24.9. The summed E-state index contributed by atoms with van der Waals surface area (Å²) in [6.07, 6.45) is -1.11. The van der Waals surface area contributed by atoms with Crippen molar-refractivity contribution in [1.29, 1.82) is 0 Å². The van der Waals surface area contributed by atoms with Crippen molar-refractivity contribution in [3.8, 4) is 0 Å². The summed E-state index contributed by atoms with van der Waals surface area (Å²) in [6, 6.07) is 7.18. The van der Waals surface area contributed by atoms with Gasteiger partial charge in [0.05, 0.1) is 0 Å². The number of nitrogens with zero attached hydrogens (tertiary/aromatic N) is 1. The molecule has 1 N–H and O–H groups in total. The number of hydrogen-bond donors (Lipinski definition) is 1. The first kappa shape index (κ1) is 9.62. The predicted octanol–water partition coefficient (Wildman–Crippen LogP) is 3.16. The minimum Gasteiger partial charge on any atom is -0.465 e. The monoisotopic (exact) mass is 231 g/mol. The van der Waals surface area contributed by atoms with Gasteiger partial charge in [-0.1, -0.05) is 47.5 Å². The molecule has 0 fully saturated rings. The lowest BCUT2D eigenvalue weighted by Gasteiger charge is -2.19. The molecule has 0 radical (unpaired) electrons. The van der Waals surface area contributed by atoms with Crippen LogP contribution in [0.3, 0.4) is 0 Å². The average Bonchev–Trinajstić information content (AvgIpc) is 2.41. The van der Waals surface area contributed by atoms with Gasteiger partial charge in [0.15, 0.2) is 0 Å². The van der Waals surface area contributed by atoms with E-state index in [-0.39, 0.29) is 0 Å². The van der Waals surface area contributed by atoms with Gasteiger partial charge in [0.1, 0.15) is 11.0 Å². The summed E-state index contributed by atoms with van der Waals surface area (Å²) in [5.74, 6) is 0. The Hall–Kier alpha value is -0.930.